The van der Waals surface area contributed by atoms with Crippen LogP contribution in [0.3, 0.4) is 0 Å². The van der Waals surface area contributed by atoms with Crippen molar-refractivity contribution in [3.05, 3.63) is 33.9 Å². The van der Waals surface area contributed by atoms with Crippen LogP contribution in [0.4, 0.5) is 11.4 Å². The Morgan fingerprint density at radius 1 is 1.53 bits per heavy atom. The SMILES string of the molecule is Cc1ccc([N+](=O)[O-])cc1NC(=O)CCCC(C)N. The lowest BCUT2D eigenvalue weighted by Gasteiger charge is -2.09. The van der Waals surface area contributed by atoms with Crippen LogP contribution in [0.1, 0.15) is 31.7 Å². The van der Waals surface area contributed by atoms with Crippen LogP contribution in [0.15, 0.2) is 18.2 Å². The second-order valence-corrected chi connectivity index (χ2v) is 4.67. The van der Waals surface area contributed by atoms with Gasteiger partial charge in [-0.1, -0.05) is 6.07 Å². The third kappa shape index (κ3) is 5.05. The van der Waals surface area contributed by atoms with Gasteiger partial charge in [-0.15, -0.1) is 0 Å². The fraction of sp³-hybridized carbons (Fsp3) is 0.462. The number of nitro benzene ring substituents is 1. The highest BCUT2D eigenvalue weighted by molar-refractivity contribution is 5.91. The van der Waals surface area contributed by atoms with Crippen LogP contribution in [0.5, 0.6) is 0 Å². The van der Waals surface area contributed by atoms with E-state index in [2.05, 4.69) is 5.32 Å². The smallest absolute Gasteiger partial charge is 0.271 e. The third-order valence-electron chi connectivity index (χ3n) is 2.77. The minimum absolute atomic E-state index is 0.0310. The van der Waals surface area contributed by atoms with E-state index in [0.29, 0.717) is 18.5 Å². The lowest BCUT2D eigenvalue weighted by atomic mass is 10.1. The molecule has 6 nitrogen and oxygen atoms in total. The van der Waals surface area contributed by atoms with Crippen molar-refractivity contribution in [1.29, 1.82) is 0 Å². The molecule has 1 atom stereocenters. The molecule has 0 aliphatic rings. The molecule has 0 aromatic heterocycles. The Labute approximate surface area is 112 Å². The summed E-state index contributed by atoms with van der Waals surface area (Å²) in [4.78, 5) is 21.9. The number of nitrogens with two attached hydrogens (primary N) is 1. The molecule has 0 bridgehead atoms. The molecule has 1 rings (SSSR count). The van der Waals surface area contributed by atoms with Crippen molar-refractivity contribution in [3.8, 4) is 0 Å². The van der Waals surface area contributed by atoms with Gasteiger partial charge in [-0.2, -0.15) is 0 Å². The zero-order chi connectivity index (χ0) is 14.4. The van der Waals surface area contributed by atoms with Gasteiger partial charge in [0.25, 0.3) is 5.69 Å². The van der Waals surface area contributed by atoms with Crippen molar-refractivity contribution in [3.63, 3.8) is 0 Å². The van der Waals surface area contributed by atoms with Gasteiger partial charge < -0.3 is 11.1 Å². The first-order valence-electron chi connectivity index (χ1n) is 6.20. The minimum Gasteiger partial charge on any atom is -0.328 e. The summed E-state index contributed by atoms with van der Waals surface area (Å²) in [7, 11) is 0. The number of hydrogen-bond acceptors (Lipinski definition) is 4. The van der Waals surface area contributed by atoms with E-state index >= 15 is 0 Å². The lowest BCUT2D eigenvalue weighted by molar-refractivity contribution is -0.384. The van der Waals surface area contributed by atoms with Crippen LogP contribution in [0, 0.1) is 17.0 Å². The zero-order valence-electron chi connectivity index (χ0n) is 11.2. The van der Waals surface area contributed by atoms with Crippen molar-refractivity contribution >= 4 is 17.3 Å². The number of amides is 1. The van der Waals surface area contributed by atoms with Crippen molar-refractivity contribution in [1.82, 2.24) is 0 Å². The number of benzene rings is 1. The maximum absolute atomic E-state index is 11.7. The summed E-state index contributed by atoms with van der Waals surface area (Å²) in [5.74, 6) is -0.149. The number of anilines is 1. The van der Waals surface area contributed by atoms with E-state index in [0.717, 1.165) is 12.0 Å². The number of nitro groups is 1. The average Bonchev–Trinajstić information content (AvgIpc) is 2.31. The van der Waals surface area contributed by atoms with Gasteiger partial charge in [-0.25, -0.2) is 0 Å². The summed E-state index contributed by atoms with van der Waals surface area (Å²) in [6.45, 7) is 3.68. The molecule has 1 unspecified atom stereocenters. The summed E-state index contributed by atoms with van der Waals surface area (Å²) in [6.07, 6.45) is 1.85. The molecule has 0 heterocycles. The fourth-order valence-corrected chi connectivity index (χ4v) is 1.66. The normalized spacial score (nSPS) is 11.9. The summed E-state index contributed by atoms with van der Waals surface area (Å²) in [6, 6.07) is 4.49. The summed E-state index contributed by atoms with van der Waals surface area (Å²) >= 11 is 0. The maximum Gasteiger partial charge on any atom is 0.271 e. The monoisotopic (exact) mass is 265 g/mol. The largest absolute Gasteiger partial charge is 0.328 e. The van der Waals surface area contributed by atoms with Gasteiger partial charge in [0.05, 0.1) is 10.6 Å². The Hall–Kier alpha value is -1.95. The predicted octanol–water partition coefficient (Wildman–Crippen LogP) is 2.36. The molecule has 0 radical (unpaired) electrons. The molecule has 0 fully saturated rings. The Morgan fingerprint density at radius 2 is 2.21 bits per heavy atom. The van der Waals surface area contributed by atoms with Crippen molar-refractivity contribution in [2.24, 2.45) is 5.73 Å². The number of non-ortho nitro benzene ring substituents is 1. The Kier molecular flexibility index (Phi) is 5.44. The molecule has 104 valence electrons. The van der Waals surface area contributed by atoms with E-state index in [1.807, 2.05) is 6.92 Å². The fourth-order valence-electron chi connectivity index (χ4n) is 1.66. The molecule has 0 aliphatic heterocycles. The number of nitrogens with zero attached hydrogens (tertiary/aromatic N) is 1. The van der Waals surface area contributed by atoms with E-state index in [4.69, 9.17) is 5.73 Å². The van der Waals surface area contributed by atoms with Crippen molar-refractivity contribution in [2.75, 3.05) is 5.32 Å². The van der Waals surface area contributed by atoms with Gasteiger partial charge in [0, 0.05) is 24.6 Å². The Balaban J connectivity index is 2.63. The maximum atomic E-state index is 11.7. The first kappa shape index (κ1) is 15.1. The average molecular weight is 265 g/mol. The quantitative estimate of drug-likeness (QED) is 0.609. The van der Waals surface area contributed by atoms with Crippen LogP contribution in [0.25, 0.3) is 0 Å². The molecule has 1 amide bonds. The molecule has 0 saturated heterocycles. The van der Waals surface area contributed by atoms with E-state index in [9.17, 15) is 14.9 Å². The molecule has 19 heavy (non-hydrogen) atoms. The number of rotatable bonds is 6. The zero-order valence-corrected chi connectivity index (χ0v) is 11.2. The van der Waals surface area contributed by atoms with Crippen LogP contribution < -0.4 is 11.1 Å². The van der Waals surface area contributed by atoms with Crippen LogP contribution in [-0.4, -0.2) is 16.9 Å². The standard InChI is InChI=1S/C13H19N3O3/c1-9-6-7-11(16(18)19)8-12(9)15-13(17)5-3-4-10(2)14/h6-8,10H,3-5,14H2,1-2H3,(H,15,17). The van der Waals surface area contributed by atoms with Crippen LogP contribution >= 0.6 is 0 Å². The summed E-state index contributed by atoms with van der Waals surface area (Å²) < 4.78 is 0. The van der Waals surface area contributed by atoms with Gasteiger partial charge in [0.15, 0.2) is 0 Å². The minimum atomic E-state index is -0.481. The molecule has 6 heteroatoms. The highest BCUT2D eigenvalue weighted by atomic mass is 16.6. The molecule has 0 saturated carbocycles. The topological polar surface area (TPSA) is 98.3 Å². The molecule has 3 N–H and O–H groups in total. The van der Waals surface area contributed by atoms with Gasteiger partial charge in [-0.3, -0.25) is 14.9 Å². The van der Waals surface area contributed by atoms with Crippen molar-refractivity contribution in [2.45, 2.75) is 39.2 Å². The number of hydrogen-bond donors (Lipinski definition) is 2. The van der Waals surface area contributed by atoms with E-state index in [-0.39, 0.29) is 17.6 Å². The van der Waals surface area contributed by atoms with Crippen LogP contribution in [-0.2, 0) is 4.79 Å². The van der Waals surface area contributed by atoms with Gasteiger partial charge in [0.1, 0.15) is 0 Å². The molecule has 0 spiro atoms. The first-order valence-corrected chi connectivity index (χ1v) is 6.20. The highest BCUT2D eigenvalue weighted by Crippen LogP contribution is 2.22. The molecular formula is C13H19N3O3. The molecule has 1 aromatic carbocycles. The Morgan fingerprint density at radius 3 is 2.79 bits per heavy atom. The number of aryl methyl sites for hydroxylation is 1. The third-order valence-corrected chi connectivity index (χ3v) is 2.77. The second kappa shape index (κ2) is 6.84. The van der Waals surface area contributed by atoms with E-state index < -0.39 is 4.92 Å². The number of carbonyl (C=O) groups is 1. The van der Waals surface area contributed by atoms with E-state index in [1.54, 1.807) is 13.0 Å². The summed E-state index contributed by atoms with van der Waals surface area (Å²) in [5.41, 5.74) is 6.85. The van der Waals surface area contributed by atoms with Gasteiger partial charge >= 0.3 is 0 Å². The van der Waals surface area contributed by atoms with E-state index in [1.165, 1.54) is 12.1 Å². The first-order chi connectivity index (χ1) is 8.90. The van der Waals surface area contributed by atoms with Gasteiger partial charge in [-0.05, 0) is 32.3 Å². The van der Waals surface area contributed by atoms with Crippen molar-refractivity contribution < 1.29 is 9.72 Å². The molecular weight excluding hydrogens is 246 g/mol. The summed E-state index contributed by atoms with van der Waals surface area (Å²) in [5, 5.41) is 13.4. The predicted molar refractivity (Wildman–Crippen MR) is 74.0 cm³/mol. The second-order valence-electron chi connectivity index (χ2n) is 4.67. The number of carbonyl (C=O) groups excluding carboxylic acids is 1. The highest BCUT2D eigenvalue weighted by Gasteiger charge is 2.11. The lowest BCUT2D eigenvalue weighted by Crippen LogP contribution is -2.17. The molecule has 1 aromatic rings. The number of nitrogens with one attached hydrogen (secondary N) is 1. The molecule has 0 aliphatic carbocycles. The Bertz CT molecular complexity index is 472. The van der Waals surface area contributed by atoms with Gasteiger partial charge in [0.2, 0.25) is 5.91 Å². The van der Waals surface area contributed by atoms with Crippen LogP contribution in [0.2, 0.25) is 0 Å².